The normalized spacial score (nSPS) is 12.3. The molecule has 4 nitrogen and oxygen atoms in total. The fraction of sp³-hybridized carbons (Fsp3) is 0.200. The summed E-state index contributed by atoms with van der Waals surface area (Å²) < 4.78 is 10.3. The Bertz CT molecular complexity index is 1750. The van der Waals surface area contributed by atoms with Gasteiger partial charge in [0.15, 0.2) is 0 Å². The number of imidazole rings is 1. The van der Waals surface area contributed by atoms with Crippen LogP contribution < -0.4 is 4.40 Å². The van der Waals surface area contributed by atoms with Crippen LogP contribution in [0.1, 0.15) is 17.0 Å². The summed E-state index contributed by atoms with van der Waals surface area (Å²) in [4.78, 5) is 9.97. The molecule has 0 radical (unpaired) electrons. The SMILES string of the molecule is Cc1nc(C)c2nc(-c3cccc4c3oc3c[c]([Ge]([CH3])([CH3])[CH3])ccc34)n(-c3ccccc3)c2c1C. The van der Waals surface area contributed by atoms with Crippen LogP contribution in [0, 0.1) is 20.8 Å². The Balaban J connectivity index is 1.72. The van der Waals surface area contributed by atoms with Crippen LogP contribution in [0.15, 0.2) is 71.1 Å². The number of furan rings is 1. The molecule has 0 N–H and O–H groups in total. The molecule has 0 aliphatic rings. The van der Waals surface area contributed by atoms with Gasteiger partial charge in [-0.05, 0) is 0 Å². The standard InChI is InChI=1S/C30H29GeN3O/c1-18-19(2)32-20(3)27-28(18)34(22-11-8-7-9-12-22)30(33-27)25-14-10-13-24-23-16-15-21(31(4,5)6)17-26(23)35-29(24)25/h7-17H,1-6H3. The average molecular weight is 520 g/mol. The number of benzene rings is 3. The van der Waals surface area contributed by atoms with Crippen LogP contribution in [-0.4, -0.2) is 27.8 Å². The summed E-state index contributed by atoms with van der Waals surface area (Å²) in [5.74, 6) is 8.12. The summed E-state index contributed by atoms with van der Waals surface area (Å²) in [6.45, 7) is 6.25. The van der Waals surface area contributed by atoms with Crippen molar-refractivity contribution in [3.05, 3.63) is 83.7 Å². The first-order valence-electron chi connectivity index (χ1n) is 12.1. The topological polar surface area (TPSA) is 43.9 Å². The van der Waals surface area contributed by atoms with Crippen molar-refractivity contribution in [3.63, 3.8) is 0 Å². The van der Waals surface area contributed by atoms with E-state index in [1.165, 1.54) is 4.40 Å². The molecule has 0 atom stereocenters. The van der Waals surface area contributed by atoms with Gasteiger partial charge in [0.05, 0.1) is 0 Å². The van der Waals surface area contributed by atoms with Crippen LogP contribution in [-0.2, 0) is 0 Å². The van der Waals surface area contributed by atoms with Gasteiger partial charge in [-0.25, -0.2) is 0 Å². The molecule has 3 heterocycles. The number of hydrogen-bond donors (Lipinski definition) is 0. The van der Waals surface area contributed by atoms with Crippen LogP contribution in [0.3, 0.4) is 0 Å². The quantitative estimate of drug-likeness (QED) is 0.228. The molecule has 0 saturated heterocycles. The van der Waals surface area contributed by atoms with Crippen molar-refractivity contribution in [1.29, 1.82) is 0 Å². The van der Waals surface area contributed by atoms with Gasteiger partial charge in [0.1, 0.15) is 0 Å². The van der Waals surface area contributed by atoms with Gasteiger partial charge in [-0.3, -0.25) is 0 Å². The minimum absolute atomic E-state index is 0.878. The molecule has 0 bridgehead atoms. The van der Waals surface area contributed by atoms with Crippen LogP contribution in [0.2, 0.25) is 17.3 Å². The molecule has 0 spiro atoms. The van der Waals surface area contributed by atoms with Gasteiger partial charge >= 0.3 is 208 Å². The molecule has 174 valence electrons. The Hall–Kier alpha value is -3.38. The first-order chi connectivity index (χ1) is 16.7. The Kier molecular flexibility index (Phi) is 4.94. The van der Waals surface area contributed by atoms with E-state index in [1.54, 1.807) is 0 Å². The molecule has 3 aromatic carbocycles. The molecule has 3 aromatic heterocycles. The van der Waals surface area contributed by atoms with Gasteiger partial charge in [-0.15, -0.1) is 0 Å². The van der Waals surface area contributed by atoms with Crippen LogP contribution in [0.5, 0.6) is 0 Å². The first-order valence-corrected chi connectivity index (χ1v) is 19.5. The van der Waals surface area contributed by atoms with Crippen LogP contribution in [0.4, 0.5) is 0 Å². The fourth-order valence-corrected chi connectivity index (χ4v) is 7.44. The second-order valence-electron chi connectivity index (χ2n) is 10.5. The number of rotatable bonds is 3. The Morgan fingerprint density at radius 3 is 2.29 bits per heavy atom. The third-order valence-electron chi connectivity index (χ3n) is 7.07. The van der Waals surface area contributed by atoms with Gasteiger partial charge in [-0.2, -0.15) is 0 Å². The zero-order valence-corrected chi connectivity index (χ0v) is 23.2. The van der Waals surface area contributed by atoms with Crippen molar-refractivity contribution >= 4 is 50.6 Å². The van der Waals surface area contributed by atoms with E-state index in [-0.39, 0.29) is 0 Å². The van der Waals surface area contributed by atoms with Crippen molar-refractivity contribution in [2.45, 2.75) is 38.0 Å². The van der Waals surface area contributed by atoms with E-state index in [2.05, 4.69) is 96.3 Å². The molecule has 6 aromatic rings. The molecule has 0 fully saturated rings. The predicted octanol–water partition coefficient (Wildman–Crippen LogP) is 7.46. The maximum atomic E-state index is 6.61. The molecule has 6 rings (SSSR count). The summed E-state index contributed by atoms with van der Waals surface area (Å²) in [5.41, 5.74) is 9.06. The van der Waals surface area contributed by atoms with Crippen molar-refractivity contribution in [1.82, 2.24) is 14.5 Å². The van der Waals surface area contributed by atoms with Crippen molar-refractivity contribution in [3.8, 4) is 17.1 Å². The van der Waals surface area contributed by atoms with Crippen LogP contribution in [0.25, 0.3) is 50.0 Å². The molecule has 0 saturated carbocycles. The number of hydrogen-bond acceptors (Lipinski definition) is 3. The predicted molar refractivity (Wildman–Crippen MR) is 149 cm³/mol. The van der Waals surface area contributed by atoms with Crippen molar-refractivity contribution in [2.24, 2.45) is 0 Å². The van der Waals surface area contributed by atoms with Gasteiger partial charge in [-0.1, -0.05) is 0 Å². The van der Waals surface area contributed by atoms with Crippen LogP contribution >= 0.6 is 0 Å². The summed E-state index contributed by atoms with van der Waals surface area (Å²) in [7, 11) is 0. The minimum atomic E-state index is -1.98. The summed E-state index contributed by atoms with van der Waals surface area (Å²) in [5, 5.41) is 2.28. The van der Waals surface area contributed by atoms with E-state index >= 15 is 0 Å². The van der Waals surface area contributed by atoms with Gasteiger partial charge in [0.2, 0.25) is 0 Å². The Morgan fingerprint density at radius 2 is 1.54 bits per heavy atom. The second kappa shape index (κ2) is 7.82. The monoisotopic (exact) mass is 521 g/mol. The van der Waals surface area contributed by atoms with E-state index in [9.17, 15) is 0 Å². The zero-order valence-electron chi connectivity index (χ0n) is 21.1. The fourth-order valence-electron chi connectivity index (χ4n) is 5.03. The van der Waals surface area contributed by atoms with Gasteiger partial charge in [0.25, 0.3) is 0 Å². The molecular weight excluding hydrogens is 491 g/mol. The second-order valence-corrected chi connectivity index (χ2v) is 21.1. The third kappa shape index (κ3) is 3.42. The van der Waals surface area contributed by atoms with E-state index in [4.69, 9.17) is 14.4 Å². The average Bonchev–Trinajstić information content (AvgIpc) is 3.41. The first kappa shape index (κ1) is 22.1. The number of para-hydroxylation sites is 2. The van der Waals surface area contributed by atoms with Crippen molar-refractivity contribution in [2.75, 3.05) is 0 Å². The van der Waals surface area contributed by atoms with Gasteiger partial charge in [0, 0.05) is 0 Å². The van der Waals surface area contributed by atoms with E-state index < -0.39 is 13.3 Å². The van der Waals surface area contributed by atoms with E-state index in [0.29, 0.717) is 0 Å². The summed E-state index contributed by atoms with van der Waals surface area (Å²) in [6, 6.07) is 23.6. The third-order valence-corrected chi connectivity index (χ3v) is 11.4. The molecule has 0 aliphatic carbocycles. The zero-order chi connectivity index (χ0) is 24.5. The molecule has 0 amide bonds. The molecule has 5 heteroatoms. The Labute approximate surface area is 208 Å². The van der Waals surface area contributed by atoms with Gasteiger partial charge < -0.3 is 0 Å². The van der Waals surface area contributed by atoms with Crippen molar-refractivity contribution < 1.29 is 4.42 Å². The molecular formula is C30H29GeN3O. The number of aryl methyl sites for hydroxylation is 3. The molecule has 35 heavy (non-hydrogen) atoms. The summed E-state index contributed by atoms with van der Waals surface area (Å²) in [6.07, 6.45) is 0. The Morgan fingerprint density at radius 1 is 0.771 bits per heavy atom. The number of fused-ring (bicyclic) bond motifs is 4. The van der Waals surface area contributed by atoms with E-state index in [1.807, 2.05) is 13.0 Å². The van der Waals surface area contributed by atoms with E-state index in [0.717, 1.165) is 67.0 Å². The number of aromatic nitrogens is 3. The number of pyridine rings is 1. The number of nitrogens with zero attached hydrogens (tertiary/aromatic N) is 3. The maximum absolute atomic E-state index is 6.61. The molecule has 0 unspecified atom stereocenters. The summed E-state index contributed by atoms with van der Waals surface area (Å²) >= 11 is -1.98. The molecule has 0 aliphatic heterocycles.